The highest BCUT2D eigenvalue weighted by Gasteiger charge is 2.31. The third kappa shape index (κ3) is 5.68. The van der Waals surface area contributed by atoms with Gasteiger partial charge in [0.15, 0.2) is 0 Å². The lowest BCUT2D eigenvalue weighted by Gasteiger charge is -2.38. The van der Waals surface area contributed by atoms with E-state index in [2.05, 4.69) is 29.2 Å². The quantitative estimate of drug-likeness (QED) is 0.759. The predicted octanol–water partition coefficient (Wildman–Crippen LogP) is 2.88. The Morgan fingerprint density at radius 1 is 0.964 bits per heavy atom. The Balaban J connectivity index is 1.38. The van der Waals surface area contributed by atoms with Crippen LogP contribution in [0.5, 0.6) is 0 Å². The molecule has 0 unspecified atom stereocenters. The molecule has 1 aromatic carbocycles. The van der Waals surface area contributed by atoms with E-state index in [9.17, 15) is 9.59 Å². The Labute approximate surface area is 169 Å². The van der Waals surface area contributed by atoms with Crippen molar-refractivity contribution in [3.8, 4) is 0 Å². The molecule has 3 rings (SSSR count). The topological polar surface area (TPSA) is 43.9 Å². The van der Waals surface area contributed by atoms with Gasteiger partial charge in [0.1, 0.15) is 0 Å². The van der Waals surface area contributed by atoms with Crippen molar-refractivity contribution < 1.29 is 9.59 Å². The molecular formula is C23H33N3O2. The van der Waals surface area contributed by atoms with Crippen LogP contribution in [-0.4, -0.2) is 72.3 Å². The largest absolute Gasteiger partial charge is 0.343 e. The van der Waals surface area contributed by atoms with Gasteiger partial charge in [0.05, 0.1) is 0 Å². The molecule has 2 amide bonds. The minimum Gasteiger partial charge on any atom is -0.343 e. The molecule has 2 saturated heterocycles. The van der Waals surface area contributed by atoms with Crippen LogP contribution in [0, 0.1) is 5.92 Å². The molecule has 0 aliphatic carbocycles. The Bertz CT molecular complexity index is 658. The second-order valence-electron chi connectivity index (χ2n) is 7.84. The normalized spacial score (nSPS) is 19.3. The molecule has 0 atom stereocenters. The van der Waals surface area contributed by atoms with Crippen LogP contribution in [-0.2, 0) is 9.59 Å². The number of likely N-dealkylation sites (tertiary alicyclic amines) is 1. The van der Waals surface area contributed by atoms with Crippen LogP contribution in [0.2, 0.25) is 0 Å². The van der Waals surface area contributed by atoms with E-state index in [1.165, 1.54) is 5.56 Å². The van der Waals surface area contributed by atoms with Crippen LogP contribution in [0.1, 0.15) is 38.2 Å². The number of carbonyl (C=O) groups excluding carboxylic acids is 2. The van der Waals surface area contributed by atoms with Gasteiger partial charge >= 0.3 is 0 Å². The number of carbonyl (C=O) groups is 2. The van der Waals surface area contributed by atoms with Gasteiger partial charge in [-0.15, -0.1) is 0 Å². The maximum absolute atomic E-state index is 12.9. The van der Waals surface area contributed by atoms with Crippen molar-refractivity contribution in [1.82, 2.24) is 14.7 Å². The number of nitrogens with zero attached hydrogens (tertiary/aromatic N) is 3. The third-order valence-electron chi connectivity index (χ3n) is 5.82. The molecule has 28 heavy (non-hydrogen) atoms. The molecule has 2 aliphatic heterocycles. The van der Waals surface area contributed by atoms with Gasteiger partial charge in [0.25, 0.3) is 0 Å². The zero-order valence-corrected chi connectivity index (χ0v) is 17.1. The van der Waals surface area contributed by atoms with E-state index < -0.39 is 0 Å². The third-order valence-corrected chi connectivity index (χ3v) is 5.82. The van der Waals surface area contributed by atoms with E-state index in [4.69, 9.17) is 0 Å². The second kappa shape index (κ2) is 10.4. The lowest BCUT2D eigenvalue weighted by molar-refractivity contribution is -0.142. The predicted molar refractivity (Wildman–Crippen MR) is 113 cm³/mol. The number of piperidine rings is 1. The Hall–Kier alpha value is -2.14. The zero-order valence-electron chi connectivity index (χ0n) is 17.1. The summed E-state index contributed by atoms with van der Waals surface area (Å²) in [5.41, 5.74) is 1.22. The van der Waals surface area contributed by atoms with Gasteiger partial charge in [0.2, 0.25) is 11.8 Å². The first kappa shape index (κ1) is 20.6. The molecule has 5 heteroatoms. The summed E-state index contributed by atoms with van der Waals surface area (Å²) in [6.45, 7) is 7.91. The SMILES string of the molecule is CCCC(=O)N1CCC(C(=O)N2CCN(C/C=C/c3ccccc3)CC2)CC1. The summed E-state index contributed by atoms with van der Waals surface area (Å²) in [6.07, 6.45) is 7.51. The van der Waals surface area contributed by atoms with E-state index in [1.807, 2.05) is 34.9 Å². The smallest absolute Gasteiger partial charge is 0.225 e. The van der Waals surface area contributed by atoms with E-state index in [0.29, 0.717) is 12.3 Å². The Morgan fingerprint density at radius 3 is 2.29 bits per heavy atom. The van der Waals surface area contributed by atoms with Crippen molar-refractivity contribution in [3.63, 3.8) is 0 Å². The maximum Gasteiger partial charge on any atom is 0.225 e. The lowest BCUT2D eigenvalue weighted by Crippen LogP contribution is -2.51. The molecule has 0 radical (unpaired) electrons. The molecule has 0 aromatic heterocycles. The molecule has 0 spiro atoms. The summed E-state index contributed by atoms with van der Waals surface area (Å²) < 4.78 is 0. The second-order valence-corrected chi connectivity index (χ2v) is 7.84. The summed E-state index contributed by atoms with van der Waals surface area (Å²) in [6, 6.07) is 10.3. The van der Waals surface area contributed by atoms with Crippen LogP contribution in [0.15, 0.2) is 36.4 Å². The summed E-state index contributed by atoms with van der Waals surface area (Å²) in [4.78, 5) is 31.2. The zero-order chi connectivity index (χ0) is 19.8. The first-order chi connectivity index (χ1) is 13.7. The van der Waals surface area contributed by atoms with Crippen molar-refractivity contribution in [2.75, 3.05) is 45.8 Å². The fraction of sp³-hybridized carbons (Fsp3) is 0.565. The monoisotopic (exact) mass is 383 g/mol. The van der Waals surface area contributed by atoms with Crippen molar-refractivity contribution in [2.24, 2.45) is 5.92 Å². The van der Waals surface area contributed by atoms with Gasteiger partial charge in [-0.3, -0.25) is 14.5 Å². The summed E-state index contributed by atoms with van der Waals surface area (Å²) in [5.74, 6) is 0.628. The van der Waals surface area contributed by atoms with Crippen molar-refractivity contribution in [1.29, 1.82) is 0 Å². The molecule has 0 bridgehead atoms. The average molecular weight is 384 g/mol. The van der Waals surface area contributed by atoms with Gasteiger partial charge in [0, 0.05) is 58.2 Å². The summed E-state index contributed by atoms with van der Waals surface area (Å²) >= 11 is 0. The van der Waals surface area contributed by atoms with Crippen LogP contribution >= 0.6 is 0 Å². The highest BCUT2D eigenvalue weighted by atomic mass is 16.2. The Morgan fingerprint density at radius 2 is 1.64 bits per heavy atom. The van der Waals surface area contributed by atoms with Gasteiger partial charge in [-0.05, 0) is 24.8 Å². The molecule has 0 saturated carbocycles. The molecule has 152 valence electrons. The van der Waals surface area contributed by atoms with E-state index in [1.54, 1.807) is 0 Å². The van der Waals surface area contributed by atoms with Crippen molar-refractivity contribution in [2.45, 2.75) is 32.6 Å². The van der Waals surface area contributed by atoms with E-state index in [-0.39, 0.29) is 11.8 Å². The van der Waals surface area contributed by atoms with E-state index in [0.717, 1.165) is 65.1 Å². The molecule has 2 aliphatic rings. The first-order valence-corrected chi connectivity index (χ1v) is 10.7. The number of hydrogen-bond donors (Lipinski definition) is 0. The van der Waals surface area contributed by atoms with Crippen molar-refractivity contribution in [3.05, 3.63) is 42.0 Å². The number of rotatable bonds is 6. The Kier molecular flexibility index (Phi) is 7.66. The lowest BCUT2D eigenvalue weighted by atomic mass is 9.94. The number of piperazine rings is 1. The van der Waals surface area contributed by atoms with Crippen LogP contribution in [0.25, 0.3) is 6.08 Å². The van der Waals surface area contributed by atoms with Gasteiger partial charge in [-0.1, -0.05) is 49.4 Å². The fourth-order valence-corrected chi connectivity index (χ4v) is 4.06. The molecular weight excluding hydrogens is 350 g/mol. The molecule has 2 fully saturated rings. The molecule has 2 heterocycles. The van der Waals surface area contributed by atoms with Crippen LogP contribution in [0.3, 0.4) is 0 Å². The van der Waals surface area contributed by atoms with Gasteiger partial charge < -0.3 is 9.80 Å². The summed E-state index contributed by atoms with van der Waals surface area (Å²) in [5, 5.41) is 0. The standard InChI is InChI=1S/C23H33N3O2/c1-2-7-22(27)25-14-11-21(12-15-25)23(28)26-18-16-24(17-19-26)13-6-10-20-8-4-3-5-9-20/h3-6,8-10,21H,2,7,11-19H2,1H3/b10-6+. The molecule has 5 nitrogen and oxygen atoms in total. The number of amides is 2. The highest BCUT2D eigenvalue weighted by molar-refractivity contribution is 5.80. The highest BCUT2D eigenvalue weighted by Crippen LogP contribution is 2.21. The minimum absolute atomic E-state index is 0.0928. The van der Waals surface area contributed by atoms with Crippen LogP contribution < -0.4 is 0 Å². The average Bonchev–Trinajstić information content (AvgIpc) is 2.75. The molecule has 0 N–H and O–H groups in total. The van der Waals surface area contributed by atoms with E-state index >= 15 is 0 Å². The fourth-order valence-electron chi connectivity index (χ4n) is 4.06. The minimum atomic E-state index is 0.0928. The van der Waals surface area contributed by atoms with Crippen LogP contribution in [0.4, 0.5) is 0 Å². The van der Waals surface area contributed by atoms with Gasteiger partial charge in [-0.25, -0.2) is 0 Å². The van der Waals surface area contributed by atoms with Crippen molar-refractivity contribution >= 4 is 17.9 Å². The number of benzene rings is 1. The maximum atomic E-state index is 12.9. The van der Waals surface area contributed by atoms with Gasteiger partial charge in [-0.2, -0.15) is 0 Å². The molecule has 1 aromatic rings. The summed E-state index contributed by atoms with van der Waals surface area (Å²) in [7, 11) is 0. The first-order valence-electron chi connectivity index (χ1n) is 10.7. The number of hydrogen-bond acceptors (Lipinski definition) is 3.